The average Bonchev–Trinajstić information content (AvgIpc) is 2.64. The largest absolute Gasteiger partial charge is 0.258 e. The maximum Gasteiger partial charge on any atom is 0.258 e. The molecule has 0 fully saturated rings. The van der Waals surface area contributed by atoms with E-state index in [4.69, 9.17) is 0 Å². The van der Waals surface area contributed by atoms with Gasteiger partial charge < -0.3 is 0 Å². The molecular formula is C20H10Al2N4. The molecule has 0 radical (unpaired) electrons. The summed E-state index contributed by atoms with van der Waals surface area (Å²) in [7, 11) is 0. The number of hydrogen-bond acceptors (Lipinski definition) is 4. The minimum absolute atomic E-state index is 0.0374. The molecule has 3 aromatic carbocycles. The Labute approximate surface area is 165 Å². The summed E-state index contributed by atoms with van der Waals surface area (Å²) in [5.74, 6) is 0. The van der Waals surface area contributed by atoms with Crippen molar-refractivity contribution in [2.75, 3.05) is 0 Å². The zero-order valence-electron chi connectivity index (χ0n) is 14.3. The second-order valence-electron chi connectivity index (χ2n) is 6.05. The fraction of sp³-hybridized carbons (Fsp3) is 0. The van der Waals surface area contributed by atoms with Crippen LogP contribution in [-0.2, 0) is 0 Å². The van der Waals surface area contributed by atoms with Crippen LogP contribution < -0.4 is 19.3 Å². The highest BCUT2D eigenvalue weighted by Crippen LogP contribution is 2.15. The molecule has 0 aliphatic heterocycles. The van der Waals surface area contributed by atoms with E-state index < -0.39 is 0 Å². The van der Waals surface area contributed by atoms with Crippen molar-refractivity contribution in [3.05, 3.63) is 46.8 Å². The Morgan fingerprint density at radius 3 is 1.23 bits per heavy atom. The lowest BCUT2D eigenvalue weighted by Crippen LogP contribution is -2.21. The maximum atomic E-state index is 9.49. The summed E-state index contributed by atoms with van der Waals surface area (Å²) in [6.45, 7) is 0. The van der Waals surface area contributed by atoms with Crippen LogP contribution in [0, 0.1) is 45.3 Å². The van der Waals surface area contributed by atoms with Gasteiger partial charge in [0.05, 0.1) is 0 Å². The van der Waals surface area contributed by atoms with Gasteiger partial charge in [0.25, 0.3) is 32.6 Å². The first kappa shape index (κ1) is 17.8. The molecule has 26 heavy (non-hydrogen) atoms. The van der Waals surface area contributed by atoms with Crippen LogP contribution in [0.15, 0.2) is 36.4 Å². The Balaban J connectivity index is 2.97. The van der Waals surface area contributed by atoms with Crippen LogP contribution in [0.2, 0.25) is 0 Å². The number of fused-ring (bicyclic) bond motifs is 2. The van der Waals surface area contributed by atoms with E-state index in [2.05, 4.69) is 0 Å². The average molecular weight is 360 g/mol. The van der Waals surface area contributed by atoms with Gasteiger partial charge in [-0.3, -0.25) is 0 Å². The summed E-state index contributed by atoms with van der Waals surface area (Å²) in [5.41, 5.74) is 0.0748. The molecule has 0 amide bonds. The van der Waals surface area contributed by atoms with Gasteiger partial charge in [0, 0.05) is 10.4 Å². The summed E-state index contributed by atoms with van der Waals surface area (Å²) < 4.78 is 2.21. The molecule has 3 aromatic rings. The molecule has 4 nitrogen and oxygen atoms in total. The van der Waals surface area contributed by atoms with E-state index >= 15 is 0 Å². The summed E-state index contributed by atoms with van der Waals surface area (Å²) in [6, 6.07) is 19.6. The van der Waals surface area contributed by atoms with Crippen molar-refractivity contribution in [1.82, 2.24) is 0 Å². The molecule has 0 saturated heterocycles. The molecule has 0 N–H and O–H groups in total. The van der Waals surface area contributed by atoms with Crippen molar-refractivity contribution in [3.8, 4) is 24.3 Å². The molecule has 0 aromatic heterocycles. The zero-order chi connectivity index (χ0) is 18.8. The smallest absolute Gasteiger partial charge is 0.192 e. The summed E-state index contributed by atoms with van der Waals surface area (Å²) in [6.07, 6.45) is 0. The van der Waals surface area contributed by atoms with Gasteiger partial charge in [0.15, 0.2) is 0 Å². The Morgan fingerprint density at radius 1 is 0.577 bits per heavy atom. The van der Waals surface area contributed by atoms with Gasteiger partial charge in [-0.2, -0.15) is 21.0 Å². The lowest BCUT2D eigenvalue weighted by Gasteiger charge is -2.10. The van der Waals surface area contributed by atoms with Crippen LogP contribution in [0.5, 0.6) is 0 Å². The van der Waals surface area contributed by atoms with Crippen molar-refractivity contribution < 1.29 is 0 Å². The zero-order valence-corrected chi connectivity index (χ0v) is 18.3. The van der Waals surface area contributed by atoms with Gasteiger partial charge in [-0.1, -0.05) is 36.4 Å². The standard InChI is InChI=1S/C20H6N4.2Al.4H/c21-9-13(10-22)19-15-5-1-2-6-16(15)20(14(11-23)12-24)18-8-4-3-7-17(18)19;;;;;;/h1,4-8H;;;;;;. The predicted octanol–water partition coefficient (Wildman–Crippen LogP) is -1.09. The number of nitrogens with zero attached hydrogens (tertiary/aromatic N) is 4. The minimum Gasteiger partial charge on any atom is -0.192 e. The maximum absolute atomic E-state index is 9.49. The van der Waals surface area contributed by atoms with Crippen molar-refractivity contribution in [2.24, 2.45) is 0 Å². The molecule has 0 atom stereocenters. The van der Waals surface area contributed by atoms with E-state index in [9.17, 15) is 21.0 Å². The summed E-state index contributed by atoms with van der Waals surface area (Å²) in [5, 5.41) is 42.0. The highest BCUT2D eigenvalue weighted by atomic mass is 27.1. The topological polar surface area (TPSA) is 95.2 Å². The summed E-state index contributed by atoms with van der Waals surface area (Å²) in [4.78, 5) is 0. The normalized spacial score (nSPS) is 9.69. The fourth-order valence-corrected chi connectivity index (χ4v) is 4.18. The van der Waals surface area contributed by atoms with Gasteiger partial charge in [-0.25, -0.2) is 0 Å². The van der Waals surface area contributed by atoms with Crippen molar-refractivity contribution >= 4 is 74.1 Å². The third kappa shape index (κ3) is 2.76. The van der Waals surface area contributed by atoms with E-state index in [-0.39, 0.29) is 11.1 Å². The molecule has 3 rings (SSSR count). The van der Waals surface area contributed by atoms with Crippen LogP contribution in [0.3, 0.4) is 0 Å². The SMILES string of the molecule is N#CC(C#N)=c1c2cc[c]([AlH2])cc2c(=C(C#N)C#N)c2cc[c]([AlH2])cc12. The van der Waals surface area contributed by atoms with Gasteiger partial charge >= 0.3 is 0 Å². The van der Waals surface area contributed by atoms with E-state index in [0.29, 0.717) is 10.4 Å². The van der Waals surface area contributed by atoms with Crippen LogP contribution in [-0.4, -0.2) is 32.6 Å². The first-order valence-corrected chi connectivity index (χ1v) is 9.87. The highest BCUT2D eigenvalue weighted by Gasteiger charge is 2.12. The molecule has 0 aliphatic rings. The molecule has 0 unspecified atom stereocenters. The molecule has 6 heteroatoms. The second-order valence-corrected chi connectivity index (χ2v) is 8.35. The number of nitriles is 4. The minimum atomic E-state index is 0.0374. The lowest BCUT2D eigenvalue weighted by molar-refractivity contribution is 1.50. The number of hydrogen-bond donors (Lipinski definition) is 0. The first-order valence-electron chi connectivity index (χ1n) is 7.87. The Kier molecular flexibility index (Phi) is 4.82. The summed E-state index contributed by atoms with van der Waals surface area (Å²) >= 11 is 1.62. The van der Waals surface area contributed by atoms with Crippen molar-refractivity contribution in [3.63, 3.8) is 0 Å². The van der Waals surface area contributed by atoms with E-state index in [1.807, 2.05) is 60.7 Å². The van der Waals surface area contributed by atoms with Gasteiger partial charge in [0.1, 0.15) is 35.4 Å². The Hall–Kier alpha value is -3.06. The lowest BCUT2D eigenvalue weighted by atomic mass is 9.94. The number of benzene rings is 3. The molecule has 0 heterocycles. The molecule has 0 saturated carbocycles. The van der Waals surface area contributed by atoms with Crippen molar-refractivity contribution in [1.29, 1.82) is 21.0 Å². The van der Waals surface area contributed by atoms with Crippen LogP contribution in [0.4, 0.5) is 0 Å². The van der Waals surface area contributed by atoms with Crippen molar-refractivity contribution in [2.45, 2.75) is 0 Å². The quantitative estimate of drug-likeness (QED) is 0.376. The predicted molar refractivity (Wildman–Crippen MR) is 106 cm³/mol. The van der Waals surface area contributed by atoms with Crippen LogP contribution in [0.25, 0.3) is 32.7 Å². The molecular weight excluding hydrogens is 350 g/mol. The highest BCUT2D eigenvalue weighted by molar-refractivity contribution is 6.34. The van der Waals surface area contributed by atoms with Crippen LogP contribution >= 0.6 is 0 Å². The van der Waals surface area contributed by atoms with E-state index in [1.165, 1.54) is 0 Å². The van der Waals surface area contributed by atoms with Gasteiger partial charge in [0.2, 0.25) is 0 Å². The second kappa shape index (κ2) is 7.05. The monoisotopic (exact) mass is 360 g/mol. The van der Waals surface area contributed by atoms with E-state index in [0.717, 1.165) is 63.0 Å². The van der Waals surface area contributed by atoms with Gasteiger partial charge in [-0.05, 0) is 21.5 Å². The molecule has 0 spiro atoms. The fourth-order valence-electron chi connectivity index (χ4n) is 3.27. The molecule has 116 valence electrons. The third-order valence-electron chi connectivity index (χ3n) is 4.37. The van der Waals surface area contributed by atoms with Gasteiger partial charge in [-0.15, -0.1) is 8.85 Å². The van der Waals surface area contributed by atoms with E-state index in [1.54, 1.807) is 0 Å². The van der Waals surface area contributed by atoms with Crippen LogP contribution in [0.1, 0.15) is 0 Å². The third-order valence-corrected chi connectivity index (χ3v) is 5.62. The Bertz CT molecular complexity index is 1250. The number of rotatable bonds is 0. The molecule has 0 aliphatic carbocycles. The molecule has 0 bridgehead atoms. The first-order chi connectivity index (χ1) is 12.5. The Morgan fingerprint density at radius 2 is 0.923 bits per heavy atom.